The number of unbranched alkanes of at least 4 members (excludes halogenated alkanes) is 4. The lowest BCUT2D eigenvalue weighted by molar-refractivity contribution is 0.0695. The van der Waals surface area contributed by atoms with E-state index in [1.807, 2.05) is 24.3 Å². The van der Waals surface area contributed by atoms with Crippen molar-refractivity contribution in [3.05, 3.63) is 29.8 Å². The van der Waals surface area contributed by atoms with E-state index in [0.29, 0.717) is 18.7 Å². The van der Waals surface area contributed by atoms with Gasteiger partial charge in [-0.05, 0) is 60.6 Å². The normalized spacial score (nSPS) is 22.5. The van der Waals surface area contributed by atoms with Crippen LogP contribution in [0.15, 0.2) is 24.3 Å². The van der Waals surface area contributed by atoms with Gasteiger partial charge in [-0.25, -0.2) is 9.59 Å². The van der Waals surface area contributed by atoms with Crippen LogP contribution in [0.5, 0.6) is 5.75 Å². The Morgan fingerprint density at radius 1 is 1.06 bits per heavy atom. The molecule has 3 N–H and O–H groups in total. The van der Waals surface area contributed by atoms with Crippen LogP contribution in [0.4, 0.5) is 9.59 Å². The van der Waals surface area contributed by atoms with Crippen LogP contribution < -0.4 is 15.4 Å². The molecule has 0 heterocycles. The number of nitrogens with one attached hydrogen (secondary N) is 2. The Labute approximate surface area is 187 Å². The summed E-state index contributed by atoms with van der Waals surface area (Å²) in [7, 11) is 0. The largest absolute Gasteiger partial charge is 0.465 e. The van der Waals surface area contributed by atoms with Crippen molar-refractivity contribution >= 4 is 12.2 Å². The standard InChI is InChI=1S/C25H40N2O4/c1-5-6-7-8-9-10-19-11-13-21(14-12-19)31-23(30)26-18-25(4)16-20(27-22(28)29)15-24(2,3)17-25/h11-14,20,27H,5-10,15-18H2,1-4H3,(H,26,30)(H,28,29). The molecule has 0 bridgehead atoms. The van der Waals surface area contributed by atoms with Crippen LogP contribution in [-0.4, -0.2) is 29.9 Å². The van der Waals surface area contributed by atoms with Gasteiger partial charge < -0.3 is 20.5 Å². The summed E-state index contributed by atoms with van der Waals surface area (Å²) in [6.07, 6.45) is 8.27. The van der Waals surface area contributed by atoms with Crippen LogP contribution in [0, 0.1) is 10.8 Å². The number of carbonyl (C=O) groups excluding carboxylic acids is 1. The lowest BCUT2D eigenvalue weighted by atomic mass is 9.62. The van der Waals surface area contributed by atoms with Gasteiger partial charge in [0.05, 0.1) is 0 Å². The minimum absolute atomic E-state index is 0.00191. The van der Waals surface area contributed by atoms with E-state index in [2.05, 4.69) is 38.3 Å². The second-order valence-electron chi connectivity index (χ2n) is 10.3. The number of aryl methyl sites for hydroxylation is 1. The molecule has 1 saturated carbocycles. The molecule has 2 unspecified atom stereocenters. The molecule has 31 heavy (non-hydrogen) atoms. The van der Waals surface area contributed by atoms with Gasteiger partial charge in [-0.1, -0.05) is 65.5 Å². The summed E-state index contributed by atoms with van der Waals surface area (Å²) in [4.78, 5) is 23.4. The lowest BCUT2D eigenvalue weighted by Gasteiger charge is -2.46. The zero-order valence-corrected chi connectivity index (χ0v) is 19.6. The molecule has 1 aromatic rings. The van der Waals surface area contributed by atoms with Crippen molar-refractivity contribution in [1.29, 1.82) is 0 Å². The molecule has 2 atom stereocenters. The van der Waals surface area contributed by atoms with Gasteiger partial charge in [-0.2, -0.15) is 0 Å². The van der Waals surface area contributed by atoms with Crippen molar-refractivity contribution < 1.29 is 19.4 Å². The first kappa shape index (κ1) is 25.0. The lowest BCUT2D eigenvalue weighted by Crippen LogP contribution is -2.50. The van der Waals surface area contributed by atoms with Crippen LogP contribution in [-0.2, 0) is 6.42 Å². The number of amides is 2. The van der Waals surface area contributed by atoms with Crippen molar-refractivity contribution in [2.45, 2.75) is 91.5 Å². The number of hydrogen-bond acceptors (Lipinski definition) is 3. The second kappa shape index (κ2) is 11.4. The monoisotopic (exact) mass is 432 g/mol. The van der Waals surface area contributed by atoms with E-state index < -0.39 is 12.2 Å². The fourth-order valence-electron chi connectivity index (χ4n) is 5.13. The number of rotatable bonds is 10. The Bertz CT molecular complexity index is 717. The third-order valence-corrected chi connectivity index (χ3v) is 6.13. The zero-order valence-electron chi connectivity index (χ0n) is 19.6. The fraction of sp³-hybridized carbons (Fsp3) is 0.680. The smallest absolute Gasteiger partial charge is 0.412 e. The van der Waals surface area contributed by atoms with Crippen LogP contribution in [0.1, 0.15) is 84.6 Å². The first-order valence-corrected chi connectivity index (χ1v) is 11.6. The quantitative estimate of drug-likeness (QED) is 0.387. The highest BCUT2D eigenvalue weighted by Gasteiger charge is 2.42. The third-order valence-electron chi connectivity index (χ3n) is 6.13. The average molecular weight is 433 g/mol. The van der Waals surface area contributed by atoms with E-state index in [0.717, 1.165) is 19.3 Å². The molecule has 2 rings (SSSR count). The number of hydrogen-bond donors (Lipinski definition) is 3. The molecule has 1 aromatic carbocycles. The molecule has 0 aliphatic heterocycles. The van der Waals surface area contributed by atoms with E-state index in [1.165, 1.54) is 37.7 Å². The van der Waals surface area contributed by atoms with Gasteiger partial charge in [0.15, 0.2) is 0 Å². The highest BCUT2D eigenvalue weighted by atomic mass is 16.6. The molecule has 1 aliphatic rings. The van der Waals surface area contributed by atoms with Gasteiger partial charge in [0.2, 0.25) is 0 Å². The summed E-state index contributed by atoms with van der Waals surface area (Å²) in [5.41, 5.74) is 1.06. The third kappa shape index (κ3) is 9.19. The topological polar surface area (TPSA) is 87.7 Å². The van der Waals surface area contributed by atoms with Crippen LogP contribution in [0.2, 0.25) is 0 Å². The van der Waals surface area contributed by atoms with Crippen LogP contribution in [0.25, 0.3) is 0 Å². The molecular weight excluding hydrogens is 392 g/mol. The molecule has 1 aliphatic carbocycles. The van der Waals surface area contributed by atoms with Gasteiger partial charge in [-0.15, -0.1) is 0 Å². The van der Waals surface area contributed by atoms with Gasteiger partial charge >= 0.3 is 12.2 Å². The first-order valence-electron chi connectivity index (χ1n) is 11.6. The highest BCUT2D eigenvalue weighted by Crippen LogP contribution is 2.45. The maximum atomic E-state index is 12.3. The number of ether oxygens (including phenoxy) is 1. The number of benzene rings is 1. The summed E-state index contributed by atoms with van der Waals surface area (Å²) in [6.45, 7) is 9.05. The molecule has 0 saturated heterocycles. The minimum atomic E-state index is -0.998. The van der Waals surface area contributed by atoms with Gasteiger partial charge in [0.1, 0.15) is 5.75 Å². The Kier molecular flexibility index (Phi) is 9.20. The highest BCUT2D eigenvalue weighted by molar-refractivity contribution is 5.70. The summed E-state index contributed by atoms with van der Waals surface area (Å²) < 4.78 is 5.45. The van der Waals surface area contributed by atoms with Gasteiger partial charge in [0.25, 0.3) is 0 Å². The maximum absolute atomic E-state index is 12.3. The van der Waals surface area contributed by atoms with Crippen LogP contribution in [0.3, 0.4) is 0 Å². The Morgan fingerprint density at radius 2 is 1.74 bits per heavy atom. The second-order valence-corrected chi connectivity index (χ2v) is 10.3. The summed E-state index contributed by atoms with van der Waals surface area (Å²) >= 11 is 0. The maximum Gasteiger partial charge on any atom is 0.412 e. The first-order chi connectivity index (χ1) is 14.6. The molecule has 0 radical (unpaired) electrons. The van der Waals surface area contributed by atoms with Crippen molar-refractivity contribution in [3.63, 3.8) is 0 Å². The molecule has 174 valence electrons. The molecule has 0 aromatic heterocycles. The van der Waals surface area contributed by atoms with Crippen molar-refractivity contribution in [2.24, 2.45) is 10.8 Å². The molecule has 2 amide bonds. The van der Waals surface area contributed by atoms with E-state index in [4.69, 9.17) is 9.84 Å². The van der Waals surface area contributed by atoms with Crippen molar-refractivity contribution in [2.75, 3.05) is 6.54 Å². The predicted octanol–water partition coefficient (Wildman–Crippen LogP) is 6.14. The number of carbonyl (C=O) groups is 2. The summed E-state index contributed by atoms with van der Waals surface area (Å²) in [6, 6.07) is 7.63. The Hall–Kier alpha value is -2.24. The SMILES string of the molecule is CCCCCCCc1ccc(OC(=O)NCC2(C)CC(NC(=O)O)CC(C)(C)C2)cc1. The average Bonchev–Trinajstić information content (AvgIpc) is 2.65. The molecule has 0 spiro atoms. The van der Waals surface area contributed by atoms with E-state index in [-0.39, 0.29) is 16.9 Å². The summed E-state index contributed by atoms with van der Waals surface area (Å²) in [5, 5.41) is 14.6. The fourth-order valence-corrected chi connectivity index (χ4v) is 5.13. The Morgan fingerprint density at radius 3 is 2.39 bits per heavy atom. The van der Waals surface area contributed by atoms with Crippen molar-refractivity contribution in [3.8, 4) is 5.75 Å². The predicted molar refractivity (Wildman–Crippen MR) is 124 cm³/mol. The molecule has 1 fully saturated rings. The number of carboxylic acid groups (broad SMARTS) is 1. The van der Waals surface area contributed by atoms with Crippen LogP contribution >= 0.6 is 0 Å². The van der Waals surface area contributed by atoms with Gasteiger partial charge in [0, 0.05) is 12.6 Å². The molecule has 6 heteroatoms. The Balaban J connectivity index is 1.80. The van der Waals surface area contributed by atoms with E-state index >= 15 is 0 Å². The van der Waals surface area contributed by atoms with Crippen molar-refractivity contribution in [1.82, 2.24) is 10.6 Å². The zero-order chi connectivity index (χ0) is 22.9. The van der Waals surface area contributed by atoms with Gasteiger partial charge in [-0.3, -0.25) is 0 Å². The molecule has 6 nitrogen and oxygen atoms in total. The summed E-state index contributed by atoms with van der Waals surface area (Å²) in [5.74, 6) is 0.534. The van der Waals surface area contributed by atoms with E-state index in [1.54, 1.807) is 0 Å². The van der Waals surface area contributed by atoms with E-state index in [9.17, 15) is 9.59 Å². The minimum Gasteiger partial charge on any atom is -0.465 e. The molecular formula is C25H40N2O4.